The van der Waals surface area contributed by atoms with Crippen LogP contribution in [0, 0.1) is 0 Å². The lowest BCUT2D eigenvalue weighted by molar-refractivity contribution is 0.853. The van der Waals surface area contributed by atoms with Gasteiger partial charge in [0.2, 0.25) is 0 Å². The van der Waals surface area contributed by atoms with Gasteiger partial charge < -0.3 is 0 Å². The third kappa shape index (κ3) is 2.47. The van der Waals surface area contributed by atoms with E-state index >= 15 is 0 Å². The van der Waals surface area contributed by atoms with Crippen molar-refractivity contribution in [2.75, 3.05) is 0 Å². The predicted molar refractivity (Wildman–Crippen MR) is 69.3 cm³/mol. The van der Waals surface area contributed by atoms with Crippen LogP contribution in [0.3, 0.4) is 0 Å². The van der Waals surface area contributed by atoms with Gasteiger partial charge in [-0.1, -0.05) is 41.9 Å². The monoisotopic (exact) mass is 281 g/mol. The van der Waals surface area contributed by atoms with Gasteiger partial charge in [-0.2, -0.15) is 0 Å². The maximum Gasteiger partial charge on any atom is 0.0958 e. The van der Waals surface area contributed by atoms with Crippen molar-refractivity contribution in [3.63, 3.8) is 0 Å². The Kier molecular flexibility index (Phi) is 3.22. The third-order valence-electron chi connectivity index (χ3n) is 2.14. The maximum atomic E-state index is 4.62. The lowest BCUT2D eigenvalue weighted by atomic mass is 10.2. The molecule has 0 aliphatic carbocycles. The zero-order valence-corrected chi connectivity index (χ0v) is 11.1. The van der Waals surface area contributed by atoms with Gasteiger partial charge in [-0.25, -0.2) is 4.98 Å². The minimum Gasteiger partial charge on any atom is -0.241 e. The molecule has 15 heavy (non-hydrogen) atoms. The number of hydrogen-bond donors (Lipinski definition) is 0. The maximum absolute atomic E-state index is 4.62. The number of rotatable bonds is 2. The molecule has 0 radical (unpaired) electrons. The Morgan fingerprint density at radius 2 is 2.13 bits per heavy atom. The van der Waals surface area contributed by atoms with E-state index in [9.17, 15) is 0 Å². The second kappa shape index (κ2) is 4.45. The van der Waals surface area contributed by atoms with E-state index in [1.54, 1.807) is 11.3 Å². The summed E-state index contributed by atoms with van der Waals surface area (Å²) in [6.07, 6.45) is 0. The van der Waals surface area contributed by atoms with Crippen molar-refractivity contribution in [3.8, 4) is 11.3 Å². The third-order valence-corrected chi connectivity index (χ3v) is 3.77. The van der Waals surface area contributed by atoms with E-state index in [-0.39, 0.29) is 0 Å². The molecule has 0 saturated carbocycles. The second-order valence-corrected chi connectivity index (χ2v) is 5.54. The molecule has 0 unspecified atom stereocenters. The van der Waals surface area contributed by atoms with Gasteiger partial charge in [-0.15, -0.1) is 11.3 Å². The van der Waals surface area contributed by atoms with Crippen molar-refractivity contribution < 1.29 is 0 Å². The molecule has 0 saturated heterocycles. The molecule has 0 N–H and O–H groups in total. The Hall–Kier alpha value is -0.670. The highest BCUT2D eigenvalue weighted by Crippen LogP contribution is 2.27. The summed E-state index contributed by atoms with van der Waals surface area (Å²) in [5, 5.41) is 3.32. The summed E-state index contributed by atoms with van der Waals surface area (Å²) in [6.45, 7) is 4.34. The Bertz CT molecular complexity index is 462. The van der Waals surface area contributed by atoms with Crippen LogP contribution >= 0.6 is 27.3 Å². The molecular weight excluding hydrogens is 270 g/mol. The summed E-state index contributed by atoms with van der Waals surface area (Å²) in [4.78, 5) is 4.62. The molecule has 0 aliphatic rings. The van der Waals surface area contributed by atoms with Crippen LogP contribution < -0.4 is 0 Å². The number of nitrogens with zero attached hydrogens (tertiary/aromatic N) is 1. The van der Waals surface area contributed by atoms with Crippen LogP contribution in [0.2, 0.25) is 0 Å². The Morgan fingerprint density at radius 3 is 2.73 bits per heavy atom. The fourth-order valence-electron chi connectivity index (χ4n) is 1.33. The number of benzene rings is 1. The first-order valence-corrected chi connectivity index (χ1v) is 6.55. The molecule has 0 spiro atoms. The van der Waals surface area contributed by atoms with E-state index in [0.29, 0.717) is 5.92 Å². The van der Waals surface area contributed by atoms with Gasteiger partial charge in [0.1, 0.15) is 0 Å². The molecular formula is C12H12BrNS. The van der Waals surface area contributed by atoms with Crippen LogP contribution in [0.5, 0.6) is 0 Å². The number of aromatic nitrogens is 1. The lowest BCUT2D eigenvalue weighted by Gasteiger charge is -1.98. The van der Waals surface area contributed by atoms with Crippen molar-refractivity contribution in [2.24, 2.45) is 0 Å². The molecule has 0 atom stereocenters. The lowest BCUT2D eigenvalue weighted by Crippen LogP contribution is -1.85. The molecule has 1 aromatic carbocycles. The highest BCUT2D eigenvalue weighted by molar-refractivity contribution is 9.10. The molecule has 78 valence electrons. The smallest absolute Gasteiger partial charge is 0.0958 e. The van der Waals surface area contributed by atoms with E-state index in [4.69, 9.17) is 0 Å². The summed E-state index contributed by atoms with van der Waals surface area (Å²) in [6, 6.07) is 8.25. The van der Waals surface area contributed by atoms with Gasteiger partial charge >= 0.3 is 0 Å². The minimum atomic E-state index is 0.510. The molecule has 1 aromatic heterocycles. The van der Waals surface area contributed by atoms with Crippen LogP contribution in [0.1, 0.15) is 24.8 Å². The fourth-order valence-corrected chi connectivity index (χ4v) is 2.58. The number of thiazole rings is 1. The zero-order valence-electron chi connectivity index (χ0n) is 8.70. The van der Waals surface area contributed by atoms with E-state index in [1.165, 1.54) is 10.6 Å². The van der Waals surface area contributed by atoms with Crippen molar-refractivity contribution in [3.05, 3.63) is 39.1 Å². The van der Waals surface area contributed by atoms with Crippen molar-refractivity contribution in [2.45, 2.75) is 19.8 Å². The highest BCUT2D eigenvalue weighted by atomic mass is 79.9. The van der Waals surface area contributed by atoms with Gasteiger partial charge in [-0.05, 0) is 12.1 Å². The normalized spacial score (nSPS) is 10.9. The topological polar surface area (TPSA) is 12.9 Å². The Labute approximate surface area is 102 Å². The van der Waals surface area contributed by atoms with E-state index in [0.717, 1.165) is 10.2 Å². The Morgan fingerprint density at radius 1 is 1.33 bits per heavy atom. The van der Waals surface area contributed by atoms with Crippen molar-refractivity contribution >= 4 is 27.3 Å². The van der Waals surface area contributed by atoms with Gasteiger partial charge in [-0.3, -0.25) is 0 Å². The van der Waals surface area contributed by atoms with Crippen LogP contribution in [0.4, 0.5) is 0 Å². The summed E-state index contributed by atoms with van der Waals surface area (Å²) < 4.78 is 1.10. The second-order valence-electron chi connectivity index (χ2n) is 3.74. The molecule has 1 heterocycles. The molecule has 2 aromatic rings. The standard InChI is InChI=1S/C12H12BrNS/c1-8(2)12-14-11(7-15-12)9-4-3-5-10(13)6-9/h3-8H,1-2H3. The number of halogens is 1. The summed E-state index contributed by atoms with van der Waals surface area (Å²) in [5.74, 6) is 0.510. The average molecular weight is 282 g/mol. The minimum absolute atomic E-state index is 0.510. The molecule has 2 rings (SSSR count). The summed E-state index contributed by atoms with van der Waals surface area (Å²) in [7, 11) is 0. The molecule has 0 bridgehead atoms. The molecule has 0 fully saturated rings. The van der Waals surface area contributed by atoms with Gasteiger partial charge in [0, 0.05) is 21.3 Å². The summed E-state index contributed by atoms with van der Waals surface area (Å²) >= 11 is 5.20. The van der Waals surface area contributed by atoms with Gasteiger partial charge in [0.25, 0.3) is 0 Å². The van der Waals surface area contributed by atoms with Crippen LogP contribution in [-0.2, 0) is 0 Å². The first kappa shape index (κ1) is 10.8. The largest absolute Gasteiger partial charge is 0.241 e. The fraction of sp³-hybridized carbons (Fsp3) is 0.250. The first-order chi connectivity index (χ1) is 7.16. The average Bonchev–Trinajstić information content (AvgIpc) is 2.66. The van der Waals surface area contributed by atoms with E-state index < -0.39 is 0 Å². The van der Waals surface area contributed by atoms with E-state index in [1.807, 2.05) is 12.1 Å². The SMILES string of the molecule is CC(C)c1nc(-c2cccc(Br)c2)cs1. The quantitative estimate of drug-likeness (QED) is 0.778. The highest BCUT2D eigenvalue weighted by Gasteiger charge is 2.07. The van der Waals surface area contributed by atoms with Crippen LogP contribution in [-0.4, -0.2) is 4.98 Å². The zero-order chi connectivity index (χ0) is 10.8. The molecule has 0 amide bonds. The van der Waals surface area contributed by atoms with Gasteiger partial charge in [0.15, 0.2) is 0 Å². The number of hydrogen-bond acceptors (Lipinski definition) is 2. The van der Waals surface area contributed by atoms with Crippen molar-refractivity contribution in [1.82, 2.24) is 4.98 Å². The van der Waals surface area contributed by atoms with Crippen LogP contribution in [0.25, 0.3) is 11.3 Å². The first-order valence-electron chi connectivity index (χ1n) is 4.88. The predicted octanol–water partition coefficient (Wildman–Crippen LogP) is 4.70. The van der Waals surface area contributed by atoms with Gasteiger partial charge in [0.05, 0.1) is 10.7 Å². The molecule has 1 nitrogen and oxygen atoms in total. The Balaban J connectivity index is 2.37. The van der Waals surface area contributed by atoms with Crippen molar-refractivity contribution in [1.29, 1.82) is 0 Å². The molecule has 0 aliphatic heterocycles. The molecule has 3 heteroatoms. The summed E-state index contributed by atoms with van der Waals surface area (Å²) in [5.41, 5.74) is 2.25. The van der Waals surface area contributed by atoms with Crippen LogP contribution in [0.15, 0.2) is 34.1 Å². The van der Waals surface area contributed by atoms with E-state index in [2.05, 4.69) is 52.3 Å².